The molecular formula is C20H19Cl2NO3. The van der Waals surface area contributed by atoms with Crippen molar-refractivity contribution < 1.29 is 14.3 Å². The van der Waals surface area contributed by atoms with Crippen LogP contribution in [0.4, 0.5) is 5.69 Å². The number of anilines is 1. The second-order valence-electron chi connectivity index (χ2n) is 5.62. The quantitative estimate of drug-likeness (QED) is 0.552. The van der Waals surface area contributed by atoms with Crippen molar-refractivity contribution in [2.75, 3.05) is 11.9 Å². The van der Waals surface area contributed by atoms with E-state index in [1.165, 1.54) is 12.2 Å². The van der Waals surface area contributed by atoms with Gasteiger partial charge in [0.15, 0.2) is 6.61 Å². The van der Waals surface area contributed by atoms with Crippen molar-refractivity contribution in [2.24, 2.45) is 0 Å². The summed E-state index contributed by atoms with van der Waals surface area (Å²) in [5, 5.41) is 3.73. The molecule has 0 saturated heterocycles. The first-order valence-electron chi connectivity index (χ1n) is 8.09. The molecule has 0 unspecified atom stereocenters. The van der Waals surface area contributed by atoms with E-state index in [0.29, 0.717) is 15.6 Å². The normalized spacial score (nSPS) is 10.8. The first-order valence-corrected chi connectivity index (χ1v) is 8.84. The molecule has 4 nitrogen and oxygen atoms in total. The summed E-state index contributed by atoms with van der Waals surface area (Å²) in [4.78, 5) is 23.8. The molecule has 26 heavy (non-hydrogen) atoms. The van der Waals surface area contributed by atoms with E-state index in [0.717, 1.165) is 23.2 Å². The molecule has 0 aliphatic carbocycles. The van der Waals surface area contributed by atoms with Crippen molar-refractivity contribution >= 4 is 46.8 Å². The largest absolute Gasteiger partial charge is 0.452 e. The van der Waals surface area contributed by atoms with Crippen LogP contribution in [0.1, 0.15) is 23.6 Å². The summed E-state index contributed by atoms with van der Waals surface area (Å²) in [6, 6.07) is 10.7. The molecular weight excluding hydrogens is 373 g/mol. The number of ether oxygens (including phenoxy) is 1. The van der Waals surface area contributed by atoms with Gasteiger partial charge in [-0.15, -0.1) is 0 Å². The smallest absolute Gasteiger partial charge is 0.331 e. The number of hydrogen-bond acceptors (Lipinski definition) is 3. The van der Waals surface area contributed by atoms with Crippen LogP contribution in [0.3, 0.4) is 0 Å². The Morgan fingerprint density at radius 2 is 1.96 bits per heavy atom. The predicted octanol–water partition coefficient (Wildman–Crippen LogP) is 5.06. The molecule has 0 spiro atoms. The Morgan fingerprint density at radius 3 is 2.65 bits per heavy atom. The zero-order valence-electron chi connectivity index (χ0n) is 14.5. The van der Waals surface area contributed by atoms with Gasteiger partial charge in [0.2, 0.25) is 0 Å². The Bertz CT molecular complexity index is 847. The minimum atomic E-state index is -0.633. The van der Waals surface area contributed by atoms with Crippen LogP contribution in [0.5, 0.6) is 0 Å². The molecule has 0 atom stereocenters. The lowest BCUT2D eigenvalue weighted by molar-refractivity contribution is -0.142. The minimum Gasteiger partial charge on any atom is -0.452 e. The highest BCUT2D eigenvalue weighted by atomic mass is 35.5. The number of nitrogens with one attached hydrogen (secondary N) is 1. The molecule has 1 N–H and O–H groups in total. The summed E-state index contributed by atoms with van der Waals surface area (Å²) < 4.78 is 4.97. The summed E-state index contributed by atoms with van der Waals surface area (Å²) in [6.07, 6.45) is 3.52. The summed E-state index contributed by atoms with van der Waals surface area (Å²) in [5.41, 5.74) is 3.38. The van der Waals surface area contributed by atoms with Gasteiger partial charge in [-0.2, -0.15) is 0 Å². The van der Waals surface area contributed by atoms with E-state index in [1.54, 1.807) is 18.2 Å². The number of aryl methyl sites for hydroxylation is 2. The average molecular weight is 392 g/mol. The molecule has 6 heteroatoms. The number of carbonyl (C=O) groups excluding carboxylic acids is 2. The Labute approximate surface area is 162 Å². The van der Waals surface area contributed by atoms with E-state index < -0.39 is 5.97 Å². The SMILES string of the molecule is CCc1cccc(C)c1NC(=O)COC(=O)C=Cc1ccc(Cl)cc1Cl. The third kappa shape index (κ3) is 5.61. The molecule has 0 aliphatic heterocycles. The van der Waals surface area contributed by atoms with E-state index in [9.17, 15) is 9.59 Å². The second kappa shape index (κ2) is 9.41. The Balaban J connectivity index is 1.91. The van der Waals surface area contributed by atoms with Gasteiger partial charge in [-0.3, -0.25) is 4.79 Å². The minimum absolute atomic E-state index is 0.366. The molecule has 136 valence electrons. The summed E-state index contributed by atoms with van der Waals surface area (Å²) in [7, 11) is 0. The van der Waals surface area contributed by atoms with Crippen molar-refractivity contribution in [1.29, 1.82) is 0 Å². The summed E-state index contributed by atoms with van der Waals surface area (Å²) in [6.45, 7) is 3.56. The Kier molecular flexibility index (Phi) is 7.25. The number of benzene rings is 2. The average Bonchev–Trinajstić information content (AvgIpc) is 2.61. The van der Waals surface area contributed by atoms with Crippen molar-refractivity contribution in [3.8, 4) is 0 Å². The number of halogens is 2. The Morgan fingerprint density at radius 1 is 1.19 bits per heavy atom. The van der Waals surface area contributed by atoms with Crippen LogP contribution in [0, 0.1) is 6.92 Å². The third-order valence-electron chi connectivity index (χ3n) is 3.71. The van der Waals surface area contributed by atoms with Gasteiger partial charge in [-0.05, 0) is 48.2 Å². The number of para-hydroxylation sites is 1. The van der Waals surface area contributed by atoms with E-state index in [-0.39, 0.29) is 12.5 Å². The van der Waals surface area contributed by atoms with Crippen molar-refractivity contribution in [3.05, 3.63) is 69.2 Å². The first kappa shape index (κ1) is 20.0. The van der Waals surface area contributed by atoms with Crippen LogP contribution in [0.25, 0.3) is 6.08 Å². The van der Waals surface area contributed by atoms with Crippen LogP contribution >= 0.6 is 23.2 Å². The lowest BCUT2D eigenvalue weighted by atomic mass is 10.1. The van der Waals surface area contributed by atoms with Gasteiger partial charge in [0.05, 0.1) is 0 Å². The molecule has 0 radical (unpaired) electrons. The fraction of sp³-hybridized carbons (Fsp3) is 0.200. The number of rotatable bonds is 6. The molecule has 0 fully saturated rings. The molecule has 0 heterocycles. The van der Waals surface area contributed by atoms with Crippen LogP contribution in [-0.2, 0) is 20.7 Å². The van der Waals surface area contributed by atoms with Gasteiger partial charge < -0.3 is 10.1 Å². The number of carbonyl (C=O) groups is 2. The van der Waals surface area contributed by atoms with Gasteiger partial charge in [0, 0.05) is 21.8 Å². The van der Waals surface area contributed by atoms with Gasteiger partial charge in [0.25, 0.3) is 5.91 Å². The second-order valence-corrected chi connectivity index (χ2v) is 6.46. The van der Waals surface area contributed by atoms with Gasteiger partial charge >= 0.3 is 5.97 Å². The molecule has 0 saturated carbocycles. The van der Waals surface area contributed by atoms with Crippen LogP contribution in [0.15, 0.2) is 42.5 Å². The number of hydrogen-bond donors (Lipinski definition) is 1. The van der Waals surface area contributed by atoms with E-state index in [1.807, 2.05) is 32.0 Å². The zero-order chi connectivity index (χ0) is 19.1. The maximum Gasteiger partial charge on any atom is 0.331 e. The molecule has 1 amide bonds. The number of esters is 1. The lowest BCUT2D eigenvalue weighted by Crippen LogP contribution is -2.21. The highest BCUT2D eigenvalue weighted by Crippen LogP contribution is 2.22. The summed E-state index contributed by atoms with van der Waals surface area (Å²) in [5.74, 6) is -1.02. The molecule has 2 aromatic rings. The molecule has 0 aliphatic rings. The highest BCUT2D eigenvalue weighted by molar-refractivity contribution is 6.35. The molecule has 2 rings (SSSR count). The van der Waals surface area contributed by atoms with Crippen LogP contribution in [-0.4, -0.2) is 18.5 Å². The fourth-order valence-electron chi connectivity index (χ4n) is 2.36. The lowest BCUT2D eigenvalue weighted by Gasteiger charge is -2.12. The fourth-order valence-corrected chi connectivity index (χ4v) is 2.83. The van der Waals surface area contributed by atoms with E-state index >= 15 is 0 Å². The molecule has 2 aromatic carbocycles. The first-order chi connectivity index (χ1) is 12.4. The monoisotopic (exact) mass is 391 g/mol. The Hall–Kier alpha value is -2.30. The maximum atomic E-state index is 12.1. The van der Waals surface area contributed by atoms with Crippen molar-refractivity contribution in [1.82, 2.24) is 0 Å². The highest BCUT2D eigenvalue weighted by Gasteiger charge is 2.10. The summed E-state index contributed by atoms with van der Waals surface area (Å²) >= 11 is 11.8. The topological polar surface area (TPSA) is 55.4 Å². The van der Waals surface area contributed by atoms with Crippen molar-refractivity contribution in [2.45, 2.75) is 20.3 Å². The maximum absolute atomic E-state index is 12.1. The van der Waals surface area contributed by atoms with E-state index in [2.05, 4.69) is 5.32 Å². The van der Waals surface area contributed by atoms with Crippen molar-refractivity contribution in [3.63, 3.8) is 0 Å². The number of amides is 1. The molecule has 0 aromatic heterocycles. The zero-order valence-corrected chi connectivity index (χ0v) is 16.0. The molecule has 0 bridgehead atoms. The predicted molar refractivity (Wildman–Crippen MR) is 106 cm³/mol. The standard InChI is InChI=1S/C20H19Cl2NO3/c1-3-14-6-4-5-13(2)20(14)23-18(24)12-26-19(25)10-8-15-7-9-16(21)11-17(15)22/h4-11H,3,12H2,1-2H3,(H,23,24). The third-order valence-corrected chi connectivity index (χ3v) is 4.27. The van der Waals surface area contributed by atoms with E-state index in [4.69, 9.17) is 27.9 Å². The van der Waals surface area contributed by atoms with Gasteiger partial charge in [0.1, 0.15) is 0 Å². The van der Waals surface area contributed by atoms with Crippen LogP contribution < -0.4 is 5.32 Å². The van der Waals surface area contributed by atoms with Gasteiger partial charge in [-0.1, -0.05) is 54.4 Å². The van der Waals surface area contributed by atoms with Gasteiger partial charge in [-0.25, -0.2) is 4.79 Å². The van der Waals surface area contributed by atoms with Crippen LogP contribution in [0.2, 0.25) is 10.0 Å².